The van der Waals surface area contributed by atoms with Gasteiger partial charge in [-0.25, -0.2) is 4.79 Å². The van der Waals surface area contributed by atoms with Crippen molar-refractivity contribution in [2.45, 2.75) is 26.8 Å². The van der Waals surface area contributed by atoms with Crippen molar-refractivity contribution in [1.29, 1.82) is 0 Å². The number of hydrogen-bond acceptors (Lipinski definition) is 5. The molecule has 2 aromatic carbocycles. The van der Waals surface area contributed by atoms with Gasteiger partial charge in [0.25, 0.3) is 0 Å². The molecule has 0 aromatic heterocycles. The molecule has 0 fully saturated rings. The van der Waals surface area contributed by atoms with Crippen LogP contribution in [-0.4, -0.2) is 32.1 Å². The molecule has 144 valence electrons. The molecule has 0 aliphatic heterocycles. The van der Waals surface area contributed by atoms with E-state index >= 15 is 0 Å². The average Bonchev–Trinajstić information content (AvgIpc) is 2.64. The van der Waals surface area contributed by atoms with Gasteiger partial charge in [0.2, 0.25) is 5.91 Å². The maximum absolute atomic E-state index is 11.2. The number of methoxy groups -OCH3 is 1. The van der Waals surface area contributed by atoms with Crippen LogP contribution in [0.5, 0.6) is 5.75 Å². The minimum absolute atomic E-state index is 0.0971. The molecule has 2 rings (SSSR count). The highest BCUT2D eigenvalue weighted by Crippen LogP contribution is 2.24. The van der Waals surface area contributed by atoms with Crippen LogP contribution in [-0.2, 0) is 22.5 Å². The highest BCUT2D eigenvalue weighted by molar-refractivity contribution is 5.92. The van der Waals surface area contributed by atoms with Gasteiger partial charge in [-0.3, -0.25) is 4.79 Å². The van der Waals surface area contributed by atoms with E-state index in [1.165, 1.54) is 7.11 Å². The van der Waals surface area contributed by atoms with E-state index in [-0.39, 0.29) is 6.61 Å². The smallest absolute Gasteiger partial charge is 0.343 e. The molecule has 0 atom stereocenters. The lowest BCUT2D eigenvalue weighted by Gasteiger charge is -2.14. The second-order valence-electron chi connectivity index (χ2n) is 6.41. The molecule has 3 N–H and O–H groups in total. The summed E-state index contributed by atoms with van der Waals surface area (Å²) >= 11 is 0. The van der Waals surface area contributed by atoms with Crippen molar-refractivity contribution in [2.75, 3.05) is 20.3 Å². The first-order chi connectivity index (χ1) is 12.9. The first-order valence-electron chi connectivity index (χ1n) is 8.80. The molecular weight excluding hydrogens is 344 g/mol. The summed E-state index contributed by atoms with van der Waals surface area (Å²) in [4.78, 5) is 22.5. The van der Waals surface area contributed by atoms with Crippen molar-refractivity contribution >= 4 is 11.9 Å². The second kappa shape index (κ2) is 9.73. The number of esters is 1. The van der Waals surface area contributed by atoms with Crippen molar-refractivity contribution in [3.63, 3.8) is 0 Å². The van der Waals surface area contributed by atoms with Gasteiger partial charge in [0.05, 0.1) is 7.11 Å². The fraction of sp³-hybridized carbons (Fsp3) is 0.333. The first kappa shape index (κ1) is 20.5. The van der Waals surface area contributed by atoms with Gasteiger partial charge in [-0.1, -0.05) is 24.3 Å². The summed E-state index contributed by atoms with van der Waals surface area (Å²) in [6, 6.07) is 11.5. The summed E-state index contributed by atoms with van der Waals surface area (Å²) in [6.07, 6.45) is 0.805. The Hall–Kier alpha value is -2.86. The van der Waals surface area contributed by atoms with E-state index < -0.39 is 11.9 Å². The Balaban J connectivity index is 1.88. The predicted molar refractivity (Wildman–Crippen MR) is 104 cm³/mol. The molecule has 6 nitrogen and oxygen atoms in total. The predicted octanol–water partition coefficient (Wildman–Crippen LogP) is 2.29. The van der Waals surface area contributed by atoms with Gasteiger partial charge in [-0.2, -0.15) is 0 Å². The molecule has 2 aromatic rings. The Kier molecular flexibility index (Phi) is 7.37. The molecule has 0 aliphatic rings. The third-order valence-electron chi connectivity index (χ3n) is 4.21. The minimum atomic E-state index is -0.412. The molecule has 1 amide bonds. The maximum Gasteiger partial charge on any atom is 0.343 e. The number of amides is 1. The molecule has 0 saturated carbocycles. The third-order valence-corrected chi connectivity index (χ3v) is 4.21. The van der Waals surface area contributed by atoms with Crippen LogP contribution < -0.4 is 15.8 Å². The summed E-state index contributed by atoms with van der Waals surface area (Å²) in [6.45, 7) is 5.31. The van der Waals surface area contributed by atoms with Crippen LogP contribution in [0.15, 0.2) is 36.4 Å². The molecule has 0 radical (unpaired) electrons. The standard InChI is InChI=1S/C21H26N2O4/c1-14-9-17(10-15(2)20(14)27-13-19(24)26-3)12-23-8-7-16-5-4-6-18(11-16)21(22)25/h4-6,9-11,23H,7-8,12-13H2,1-3H3,(H2,22,25). The Morgan fingerprint density at radius 3 is 2.41 bits per heavy atom. The Morgan fingerprint density at radius 1 is 1.07 bits per heavy atom. The molecule has 6 heteroatoms. The Morgan fingerprint density at radius 2 is 1.78 bits per heavy atom. The molecule has 0 aliphatic carbocycles. The number of nitrogens with one attached hydrogen (secondary N) is 1. The van der Waals surface area contributed by atoms with Crippen molar-refractivity contribution in [2.24, 2.45) is 5.73 Å². The number of carbonyl (C=O) groups is 2. The normalized spacial score (nSPS) is 10.5. The molecule has 0 heterocycles. The van der Waals surface area contributed by atoms with Crippen LogP contribution in [0.2, 0.25) is 0 Å². The van der Waals surface area contributed by atoms with E-state index in [1.807, 2.05) is 44.2 Å². The zero-order chi connectivity index (χ0) is 19.8. The van der Waals surface area contributed by atoms with Gasteiger partial charge < -0.3 is 20.5 Å². The molecule has 0 saturated heterocycles. The van der Waals surface area contributed by atoms with Crippen LogP contribution in [0.25, 0.3) is 0 Å². The molecule has 0 spiro atoms. The zero-order valence-electron chi connectivity index (χ0n) is 16.0. The van der Waals surface area contributed by atoms with Crippen molar-refractivity contribution in [3.05, 3.63) is 64.2 Å². The van der Waals surface area contributed by atoms with E-state index in [1.54, 1.807) is 6.07 Å². The highest BCUT2D eigenvalue weighted by atomic mass is 16.6. The summed E-state index contributed by atoms with van der Waals surface area (Å²) < 4.78 is 10.2. The summed E-state index contributed by atoms with van der Waals surface area (Å²) in [5.74, 6) is -0.0994. The molecule has 0 bridgehead atoms. The van der Waals surface area contributed by atoms with E-state index in [2.05, 4.69) is 10.1 Å². The highest BCUT2D eigenvalue weighted by Gasteiger charge is 2.09. The van der Waals surface area contributed by atoms with E-state index in [4.69, 9.17) is 10.5 Å². The Bertz CT molecular complexity index is 795. The van der Waals surface area contributed by atoms with Crippen molar-refractivity contribution in [1.82, 2.24) is 5.32 Å². The SMILES string of the molecule is COC(=O)COc1c(C)cc(CNCCc2cccc(C(N)=O)c2)cc1C. The summed E-state index contributed by atoms with van der Waals surface area (Å²) in [5.41, 5.74) is 10.00. The summed E-state index contributed by atoms with van der Waals surface area (Å²) in [5, 5.41) is 3.40. The maximum atomic E-state index is 11.2. The first-order valence-corrected chi connectivity index (χ1v) is 8.80. The molecule has 0 unspecified atom stereocenters. The van der Waals surface area contributed by atoms with E-state index in [0.717, 1.165) is 35.2 Å². The number of rotatable bonds is 9. The average molecular weight is 370 g/mol. The van der Waals surface area contributed by atoms with Crippen LogP contribution >= 0.6 is 0 Å². The number of nitrogens with two attached hydrogens (primary N) is 1. The van der Waals surface area contributed by atoms with Gasteiger partial charge in [0.15, 0.2) is 6.61 Å². The third kappa shape index (κ3) is 6.11. The van der Waals surface area contributed by atoms with E-state index in [0.29, 0.717) is 17.9 Å². The Labute approximate surface area is 159 Å². The van der Waals surface area contributed by atoms with Crippen LogP contribution in [0.3, 0.4) is 0 Å². The molecular formula is C21H26N2O4. The number of hydrogen-bond donors (Lipinski definition) is 2. The zero-order valence-corrected chi connectivity index (χ0v) is 16.0. The second-order valence-corrected chi connectivity index (χ2v) is 6.41. The van der Waals surface area contributed by atoms with Gasteiger partial charge in [-0.15, -0.1) is 0 Å². The van der Waals surface area contributed by atoms with E-state index in [9.17, 15) is 9.59 Å². The van der Waals surface area contributed by atoms with Crippen LogP contribution in [0.1, 0.15) is 32.6 Å². The largest absolute Gasteiger partial charge is 0.481 e. The summed E-state index contributed by atoms with van der Waals surface area (Å²) in [7, 11) is 1.34. The monoisotopic (exact) mass is 370 g/mol. The number of primary amides is 1. The topological polar surface area (TPSA) is 90.7 Å². The number of carbonyl (C=O) groups excluding carboxylic acids is 2. The quantitative estimate of drug-likeness (QED) is 0.522. The lowest BCUT2D eigenvalue weighted by molar-refractivity contribution is -0.142. The lowest BCUT2D eigenvalue weighted by atomic mass is 10.1. The van der Waals surface area contributed by atoms with Gasteiger partial charge in [-0.05, 0) is 61.2 Å². The van der Waals surface area contributed by atoms with Crippen molar-refractivity contribution in [3.8, 4) is 5.75 Å². The number of benzene rings is 2. The van der Waals surface area contributed by atoms with Gasteiger partial charge in [0.1, 0.15) is 5.75 Å². The van der Waals surface area contributed by atoms with Crippen molar-refractivity contribution < 1.29 is 19.1 Å². The lowest BCUT2D eigenvalue weighted by Crippen LogP contribution is -2.18. The molecule has 27 heavy (non-hydrogen) atoms. The number of ether oxygens (including phenoxy) is 2. The minimum Gasteiger partial charge on any atom is -0.481 e. The van der Waals surface area contributed by atoms with Gasteiger partial charge in [0, 0.05) is 12.1 Å². The fourth-order valence-electron chi connectivity index (χ4n) is 2.91. The van der Waals surface area contributed by atoms with Gasteiger partial charge >= 0.3 is 5.97 Å². The number of aryl methyl sites for hydroxylation is 2. The fourth-order valence-corrected chi connectivity index (χ4v) is 2.91. The van der Waals surface area contributed by atoms with Crippen LogP contribution in [0, 0.1) is 13.8 Å². The van der Waals surface area contributed by atoms with Crippen LogP contribution in [0.4, 0.5) is 0 Å².